The Balaban J connectivity index is 2.44. The lowest BCUT2D eigenvalue weighted by atomic mass is 10.1. The van der Waals surface area contributed by atoms with Crippen LogP contribution in [-0.2, 0) is 4.74 Å². The fraction of sp³-hybridized carbons (Fsp3) is 0.417. The zero-order valence-electron chi connectivity index (χ0n) is 9.37. The molecule has 1 aromatic rings. The Kier molecular flexibility index (Phi) is 4.50. The molecule has 0 atom stereocenters. The van der Waals surface area contributed by atoms with Crippen LogP contribution >= 0.6 is 15.9 Å². The highest BCUT2D eigenvalue weighted by Gasteiger charge is 2.14. The van der Waals surface area contributed by atoms with Crippen LogP contribution in [0.1, 0.15) is 30.6 Å². The average molecular weight is 287 g/mol. The molecule has 0 bridgehead atoms. The van der Waals surface area contributed by atoms with Crippen molar-refractivity contribution in [3.63, 3.8) is 0 Å². The second kappa shape index (κ2) is 5.46. The van der Waals surface area contributed by atoms with Gasteiger partial charge in [0.25, 0.3) is 0 Å². The molecule has 4 heteroatoms. The molecule has 0 heterocycles. The van der Waals surface area contributed by atoms with E-state index in [0.29, 0.717) is 12.0 Å². The molecule has 0 spiro atoms. The van der Waals surface area contributed by atoms with Crippen LogP contribution in [0.2, 0.25) is 0 Å². The molecule has 88 valence electrons. The quantitative estimate of drug-likeness (QED) is 0.866. The van der Waals surface area contributed by atoms with E-state index >= 15 is 0 Å². The number of hydrogen-bond acceptors (Lipinski definition) is 3. The molecular weight excluding hydrogens is 272 g/mol. The van der Waals surface area contributed by atoms with Gasteiger partial charge in [0.15, 0.2) is 0 Å². The Morgan fingerprint density at radius 3 is 2.44 bits per heavy atom. The van der Waals surface area contributed by atoms with Gasteiger partial charge in [-0.3, -0.25) is 0 Å². The number of ether oxygens (including phenoxy) is 1. The zero-order chi connectivity index (χ0) is 12.2. The molecule has 3 nitrogen and oxygen atoms in total. The molecule has 0 saturated heterocycles. The predicted octanol–water partition coefficient (Wildman–Crippen LogP) is 2.77. The molecular formula is C12H15BrO3. The van der Waals surface area contributed by atoms with Crippen molar-refractivity contribution < 1.29 is 14.6 Å². The maximum absolute atomic E-state index is 11.5. The maximum atomic E-state index is 11.5. The molecule has 0 aromatic heterocycles. The van der Waals surface area contributed by atoms with Crippen LogP contribution in [0.5, 0.6) is 0 Å². The summed E-state index contributed by atoms with van der Waals surface area (Å²) in [6.45, 7) is 3.58. The summed E-state index contributed by atoms with van der Waals surface area (Å²) in [6, 6.07) is 6.95. The van der Waals surface area contributed by atoms with E-state index in [4.69, 9.17) is 4.74 Å². The lowest BCUT2D eigenvalue weighted by Crippen LogP contribution is -2.22. The number of benzene rings is 1. The average Bonchev–Trinajstić information content (AvgIpc) is 2.16. The standard InChI is InChI=1S/C12H15BrO3/c1-12(2,15)7-8-16-11(14)9-3-5-10(13)6-4-9/h3-6,15H,7-8H2,1-2H3. The Morgan fingerprint density at radius 2 is 1.94 bits per heavy atom. The molecule has 0 amide bonds. The van der Waals surface area contributed by atoms with Crippen LogP contribution in [0.3, 0.4) is 0 Å². The predicted molar refractivity (Wildman–Crippen MR) is 65.3 cm³/mol. The molecule has 0 saturated carbocycles. The number of halogens is 1. The first-order valence-corrected chi connectivity index (χ1v) is 5.83. The maximum Gasteiger partial charge on any atom is 0.338 e. The van der Waals surface area contributed by atoms with Crippen molar-refractivity contribution in [3.8, 4) is 0 Å². The zero-order valence-corrected chi connectivity index (χ0v) is 11.0. The summed E-state index contributed by atoms with van der Waals surface area (Å²) in [4.78, 5) is 11.5. The summed E-state index contributed by atoms with van der Waals surface area (Å²) in [5, 5.41) is 9.44. The number of carbonyl (C=O) groups is 1. The summed E-state index contributed by atoms with van der Waals surface area (Å²) in [7, 11) is 0. The van der Waals surface area contributed by atoms with E-state index in [1.807, 2.05) is 0 Å². The van der Waals surface area contributed by atoms with Crippen molar-refractivity contribution in [2.75, 3.05) is 6.61 Å². The van der Waals surface area contributed by atoms with Crippen LogP contribution in [0.15, 0.2) is 28.7 Å². The van der Waals surface area contributed by atoms with Crippen LogP contribution < -0.4 is 0 Å². The summed E-state index contributed by atoms with van der Waals surface area (Å²) >= 11 is 3.29. The fourth-order valence-electron chi connectivity index (χ4n) is 1.06. The van der Waals surface area contributed by atoms with Gasteiger partial charge in [-0.25, -0.2) is 4.79 Å². The van der Waals surface area contributed by atoms with E-state index in [-0.39, 0.29) is 12.6 Å². The number of esters is 1. The van der Waals surface area contributed by atoms with E-state index in [0.717, 1.165) is 4.47 Å². The van der Waals surface area contributed by atoms with E-state index in [2.05, 4.69) is 15.9 Å². The van der Waals surface area contributed by atoms with Gasteiger partial charge in [-0.2, -0.15) is 0 Å². The normalized spacial score (nSPS) is 11.2. The van der Waals surface area contributed by atoms with Gasteiger partial charge >= 0.3 is 5.97 Å². The lowest BCUT2D eigenvalue weighted by Gasteiger charge is -2.16. The van der Waals surface area contributed by atoms with Crippen molar-refractivity contribution in [2.45, 2.75) is 25.9 Å². The van der Waals surface area contributed by atoms with Gasteiger partial charge in [-0.05, 0) is 38.1 Å². The Labute approximate surface area is 104 Å². The topological polar surface area (TPSA) is 46.5 Å². The first kappa shape index (κ1) is 13.2. The van der Waals surface area contributed by atoms with Crippen molar-refractivity contribution >= 4 is 21.9 Å². The van der Waals surface area contributed by atoms with Gasteiger partial charge in [0, 0.05) is 10.9 Å². The van der Waals surface area contributed by atoms with Crippen molar-refractivity contribution in [3.05, 3.63) is 34.3 Å². The minimum absolute atomic E-state index is 0.221. The molecule has 0 fully saturated rings. The largest absolute Gasteiger partial charge is 0.462 e. The SMILES string of the molecule is CC(C)(O)CCOC(=O)c1ccc(Br)cc1. The summed E-state index contributed by atoms with van der Waals surface area (Å²) < 4.78 is 5.95. The van der Waals surface area contributed by atoms with Crippen LogP contribution in [-0.4, -0.2) is 23.3 Å². The van der Waals surface area contributed by atoms with Gasteiger partial charge in [0.1, 0.15) is 0 Å². The highest BCUT2D eigenvalue weighted by Crippen LogP contribution is 2.12. The van der Waals surface area contributed by atoms with Crippen molar-refractivity contribution in [1.29, 1.82) is 0 Å². The van der Waals surface area contributed by atoms with Crippen LogP contribution in [0, 0.1) is 0 Å². The fourth-order valence-corrected chi connectivity index (χ4v) is 1.33. The third-order valence-electron chi connectivity index (χ3n) is 2.03. The van der Waals surface area contributed by atoms with Gasteiger partial charge in [-0.1, -0.05) is 15.9 Å². The van der Waals surface area contributed by atoms with Crippen molar-refractivity contribution in [2.24, 2.45) is 0 Å². The van der Waals surface area contributed by atoms with Gasteiger partial charge in [-0.15, -0.1) is 0 Å². The van der Waals surface area contributed by atoms with Crippen molar-refractivity contribution in [1.82, 2.24) is 0 Å². The summed E-state index contributed by atoms with van der Waals surface area (Å²) in [5.74, 6) is -0.364. The lowest BCUT2D eigenvalue weighted by molar-refractivity contribution is 0.0244. The first-order chi connectivity index (χ1) is 7.38. The molecule has 16 heavy (non-hydrogen) atoms. The van der Waals surface area contributed by atoms with Gasteiger partial charge in [0.05, 0.1) is 17.8 Å². The molecule has 0 aliphatic carbocycles. The van der Waals surface area contributed by atoms with E-state index in [1.165, 1.54) is 0 Å². The molecule has 0 unspecified atom stereocenters. The molecule has 0 aliphatic rings. The molecule has 1 rings (SSSR count). The van der Waals surface area contributed by atoms with Crippen LogP contribution in [0.25, 0.3) is 0 Å². The third-order valence-corrected chi connectivity index (χ3v) is 2.56. The highest BCUT2D eigenvalue weighted by molar-refractivity contribution is 9.10. The number of carbonyl (C=O) groups excluding carboxylic acids is 1. The molecule has 0 aliphatic heterocycles. The second-order valence-electron chi connectivity index (χ2n) is 4.21. The smallest absolute Gasteiger partial charge is 0.338 e. The number of aliphatic hydroxyl groups is 1. The third kappa shape index (κ3) is 4.77. The van der Waals surface area contributed by atoms with Gasteiger partial charge in [0.2, 0.25) is 0 Å². The second-order valence-corrected chi connectivity index (χ2v) is 5.12. The van der Waals surface area contributed by atoms with E-state index in [1.54, 1.807) is 38.1 Å². The Bertz CT molecular complexity index is 352. The summed E-state index contributed by atoms with van der Waals surface area (Å²) in [5.41, 5.74) is -0.293. The highest BCUT2D eigenvalue weighted by atomic mass is 79.9. The molecule has 1 N–H and O–H groups in total. The minimum atomic E-state index is -0.806. The molecule has 1 aromatic carbocycles. The monoisotopic (exact) mass is 286 g/mol. The summed E-state index contributed by atoms with van der Waals surface area (Å²) in [6.07, 6.45) is 0.426. The van der Waals surface area contributed by atoms with Gasteiger partial charge < -0.3 is 9.84 Å². The Morgan fingerprint density at radius 1 is 1.38 bits per heavy atom. The number of rotatable bonds is 4. The van der Waals surface area contributed by atoms with E-state index < -0.39 is 5.60 Å². The number of hydrogen-bond donors (Lipinski definition) is 1. The van der Waals surface area contributed by atoms with E-state index in [9.17, 15) is 9.90 Å². The minimum Gasteiger partial charge on any atom is -0.462 e. The van der Waals surface area contributed by atoms with Crippen LogP contribution in [0.4, 0.5) is 0 Å². The Hall–Kier alpha value is -0.870. The first-order valence-electron chi connectivity index (χ1n) is 5.03. The molecule has 0 radical (unpaired) electrons.